The molecule has 4 rings (SSSR count). The van der Waals surface area contributed by atoms with E-state index in [1.165, 1.54) is 11.2 Å². The van der Waals surface area contributed by atoms with E-state index in [0.29, 0.717) is 30.3 Å². The van der Waals surface area contributed by atoms with E-state index in [9.17, 15) is 31.1 Å². The zero-order valence-electron chi connectivity index (χ0n) is 19.6. The number of carbonyl (C=O) groups excluding carboxylic acids is 1. The summed E-state index contributed by atoms with van der Waals surface area (Å²) in [6, 6.07) is 10.1. The van der Waals surface area contributed by atoms with Crippen LogP contribution in [0, 0.1) is 0 Å². The van der Waals surface area contributed by atoms with E-state index in [2.05, 4.69) is 9.97 Å². The van der Waals surface area contributed by atoms with Gasteiger partial charge in [0.25, 0.3) is 5.91 Å². The average molecular weight is 524 g/mol. The predicted molar refractivity (Wildman–Crippen MR) is 123 cm³/mol. The molecular formula is C25H22F6N4O2. The minimum absolute atomic E-state index is 0.00574. The number of rotatable bonds is 5. The number of hydrogen-bond donors (Lipinski definition) is 0. The molecule has 0 unspecified atom stereocenters. The molecule has 1 fully saturated rings. The largest absolute Gasteiger partial charge is 0.494 e. The Balaban J connectivity index is 1.48. The van der Waals surface area contributed by atoms with Gasteiger partial charge in [-0.1, -0.05) is 0 Å². The zero-order chi connectivity index (χ0) is 26.8. The number of benzene rings is 2. The molecule has 0 spiro atoms. The molecule has 1 aromatic heterocycles. The number of hydrogen-bond acceptors (Lipinski definition) is 5. The van der Waals surface area contributed by atoms with Gasteiger partial charge < -0.3 is 14.5 Å². The number of nitrogens with zero attached hydrogens (tertiary/aromatic N) is 4. The van der Waals surface area contributed by atoms with Gasteiger partial charge in [0.1, 0.15) is 17.9 Å². The summed E-state index contributed by atoms with van der Waals surface area (Å²) in [4.78, 5) is 24.5. The first-order valence-electron chi connectivity index (χ1n) is 11.3. The molecule has 2 aromatic carbocycles. The van der Waals surface area contributed by atoms with Gasteiger partial charge in [-0.2, -0.15) is 26.3 Å². The van der Waals surface area contributed by atoms with Crippen molar-refractivity contribution in [3.8, 4) is 17.0 Å². The summed E-state index contributed by atoms with van der Waals surface area (Å²) in [7, 11) is 0. The number of ether oxygens (including phenoxy) is 1. The third kappa shape index (κ3) is 6.12. The van der Waals surface area contributed by atoms with Crippen molar-refractivity contribution in [3.05, 3.63) is 71.5 Å². The number of anilines is 1. The number of aromatic nitrogens is 2. The minimum atomic E-state index is -5.02. The van der Waals surface area contributed by atoms with Gasteiger partial charge in [-0.05, 0) is 49.4 Å². The van der Waals surface area contributed by atoms with E-state index in [1.54, 1.807) is 6.07 Å². The van der Waals surface area contributed by atoms with Crippen molar-refractivity contribution < 1.29 is 35.9 Å². The van der Waals surface area contributed by atoms with E-state index >= 15 is 0 Å². The molecule has 196 valence electrons. The highest BCUT2D eigenvalue weighted by Gasteiger charge is 2.38. The molecule has 1 aliphatic heterocycles. The van der Waals surface area contributed by atoms with Gasteiger partial charge >= 0.3 is 12.4 Å². The molecule has 0 saturated carbocycles. The second kappa shape index (κ2) is 10.3. The van der Waals surface area contributed by atoms with Crippen molar-refractivity contribution in [1.82, 2.24) is 14.9 Å². The summed E-state index contributed by atoms with van der Waals surface area (Å²) >= 11 is 0. The van der Waals surface area contributed by atoms with Crippen molar-refractivity contribution in [2.45, 2.75) is 19.3 Å². The van der Waals surface area contributed by atoms with Crippen LogP contribution in [0.15, 0.2) is 54.9 Å². The summed E-state index contributed by atoms with van der Waals surface area (Å²) in [6.07, 6.45) is -8.65. The highest BCUT2D eigenvalue weighted by molar-refractivity contribution is 5.95. The molecule has 1 aliphatic rings. The molecule has 2 heterocycles. The van der Waals surface area contributed by atoms with E-state index in [4.69, 9.17) is 4.74 Å². The van der Waals surface area contributed by atoms with E-state index in [0.717, 1.165) is 11.3 Å². The lowest BCUT2D eigenvalue weighted by atomic mass is 10.0. The summed E-state index contributed by atoms with van der Waals surface area (Å²) in [5, 5.41) is 0. The van der Waals surface area contributed by atoms with Crippen molar-refractivity contribution in [2.75, 3.05) is 37.7 Å². The molecule has 0 radical (unpaired) electrons. The van der Waals surface area contributed by atoms with Gasteiger partial charge in [-0.3, -0.25) is 4.79 Å². The summed E-state index contributed by atoms with van der Waals surface area (Å²) in [6.45, 7) is 3.20. The molecule has 12 heteroatoms. The summed E-state index contributed by atoms with van der Waals surface area (Å²) in [5.41, 5.74) is -2.20. The Kier molecular flexibility index (Phi) is 7.28. The van der Waals surface area contributed by atoms with Crippen molar-refractivity contribution in [1.29, 1.82) is 0 Å². The third-order valence-electron chi connectivity index (χ3n) is 5.84. The van der Waals surface area contributed by atoms with Crippen LogP contribution in [0.1, 0.15) is 28.4 Å². The molecule has 0 atom stereocenters. The molecular weight excluding hydrogens is 502 g/mol. The monoisotopic (exact) mass is 524 g/mol. The topological polar surface area (TPSA) is 58.6 Å². The van der Waals surface area contributed by atoms with Gasteiger partial charge in [0.05, 0.1) is 23.4 Å². The Labute approximate surface area is 208 Å². The SMILES string of the molecule is CCOc1ccc(-c2cc(N3CCN(C(=O)c4cc(C(F)(F)F)cc(C(F)(F)F)c4)CC3)ncn2)cc1. The molecule has 0 N–H and O–H groups in total. The third-order valence-corrected chi connectivity index (χ3v) is 5.84. The fraction of sp³-hybridized carbons (Fsp3) is 0.320. The number of alkyl halides is 6. The van der Waals surface area contributed by atoms with Crippen molar-refractivity contribution >= 4 is 11.7 Å². The highest BCUT2D eigenvalue weighted by atomic mass is 19.4. The lowest BCUT2D eigenvalue weighted by Crippen LogP contribution is -2.49. The quantitative estimate of drug-likeness (QED) is 0.410. The maximum Gasteiger partial charge on any atom is 0.416 e. The second-order valence-electron chi connectivity index (χ2n) is 8.29. The first-order valence-corrected chi connectivity index (χ1v) is 11.3. The van der Waals surface area contributed by atoms with Crippen molar-refractivity contribution in [2.24, 2.45) is 0 Å². The van der Waals surface area contributed by atoms with Gasteiger partial charge in [0, 0.05) is 43.4 Å². The first-order chi connectivity index (χ1) is 17.5. The maximum atomic E-state index is 13.2. The standard InChI is InChI=1S/C25H22F6N4O2/c1-2-37-20-5-3-16(4-6-20)21-14-22(33-15-32-21)34-7-9-35(10-8-34)23(36)17-11-18(24(26,27)28)13-19(12-17)25(29,30)31/h3-6,11-15H,2,7-10H2,1H3. The average Bonchev–Trinajstić information content (AvgIpc) is 2.88. The highest BCUT2D eigenvalue weighted by Crippen LogP contribution is 2.36. The fourth-order valence-electron chi connectivity index (χ4n) is 3.97. The predicted octanol–water partition coefficient (Wildman–Crippen LogP) is 5.54. The Bertz CT molecular complexity index is 1220. The second-order valence-corrected chi connectivity index (χ2v) is 8.29. The summed E-state index contributed by atoms with van der Waals surface area (Å²) in [5.74, 6) is 0.419. The number of piperazine rings is 1. The van der Waals surface area contributed by atoms with Crippen LogP contribution in [0.2, 0.25) is 0 Å². The molecule has 37 heavy (non-hydrogen) atoms. The van der Waals surface area contributed by atoms with E-state index < -0.39 is 35.0 Å². The van der Waals surface area contributed by atoms with Crippen LogP contribution in [0.3, 0.4) is 0 Å². The molecule has 6 nitrogen and oxygen atoms in total. The Morgan fingerprint density at radius 3 is 2.00 bits per heavy atom. The molecule has 1 amide bonds. The molecule has 3 aromatic rings. The van der Waals surface area contributed by atoms with Gasteiger partial charge in [-0.25, -0.2) is 9.97 Å². The van der Waals surface area contributed by atoms with Crippen LogP contribution in [-0.4, -0.2) is 53.6 Å². The number of carbonyl (C=O) groups is 1. The van der Waals surface area contributed by atoms with Gasteiger partial charge in [-0.15, -0.1) is 0 Å². The van der Waals surface area contributed by atoms with Gasteiger partial charge in [0.2, 0.25) is 0 Å². The van der Waals surface area contributed by atoms with Gasteiger partial charge in [0.15, 0.2) is 0 Å². The van der Waals surface area contributed by atoms with Crippen molar-refractivity contribution in [3.63, 3.8) is 0 Å². The zero-order valence-corrected chi connectivity index (χ0v) is 19.6. The van der Waals surface area contributed by atoms with E-state index in [1.807, 2.05) is 36.1 Å². The molecule has 0 bridgehead atoms. The van der Waals surface area contributed by atoms with Crippen LogP contribution in [0.5, 0.6) is 5.75 Å². The van der Waals surface area contributed by atoms with Crippen LogP contribution >= 0.6 is 0 Å². The van der Waals surface area contributed by atoms with Crippen LogP contribution in [-0.2, 0) is 12.4 Å². The van der Waals surface area contributed by atoms with Crippen LogP contribution in [0.25, 0.3) is 11.3 Å². The fourth-order valence-corrected chi connectivity index (χ4v) is 3.97. The minimum Gasteiger partial charge on any atom is -0.494 e. The molecule has 0 aliphatic carbocycles. The number of halogens is 6. The molecule has 1 saturated heterocycles. The normalized spacial score (nSPS) is 14.6. The maximum absolute atomic E-state index is 13.2. The van der Waals surface area contributed by atoms with E-state index in [-0.39, 0.29) is 32.2 Å². The summed E-state index contributed by atoms with van der Waals surface area (Å²) < 4.78 is 84.5. The van der Waals surface area contributed by atoms with Crippen LogP contribution in [0.4, 0.5) is 32.2 Å². The smallest absolute Gasteiger partial charge is 0.416 e. The lowest BCUT2D eigenvalue weighted by Gasteiger charge is -2.35. The first kappa shape index (κ1) is 26.2. The lowest BCUT2D eigenvalue weighted by molar-refractivity contribution is -0.143. The Morgan fingerprint density at radius 1 is 0.865 bits per heavy atom. The number of amides is 1. The Hall–Kier alpha value is -3.83. The Morgan fingerprint density at radius 2 is 1.46 bits per heavy atom. The van der Waals surface area contributed by atoms with Crippen LogP contribution < -0.4 is 9.64 Å².